The minimum atomic E-state index is -3.88. The molecular formula is C27H31NO3S. The lowest BCUT2D eigenvalue weighted by molar-refractivity contribution is 0.0990. The highest BCUT2D eigenvalue weighted by Gasteiger charge is 2.43. The fraction of sp³-hybridized carbons (Fsp3) is 0.333. The minimum Gasteiger partial charge on any atom is -0.286 e. The summed E-state index contributed by atoms with van der Waals surface area (Å²) in [5, 5.41) is 0. The highest BCUT2D eigenvalue weighted by Crippen LogP contribution is 2.44. The summed E-state index contributed by atoms with van der Waals surface area (Å²) in [4.78, 5) is 2.59. The van der Waals surface area contributed by atoms with Gasteiger partial charge in [0.05, 0.1) is 11.3 Å². The Labute approximate surface area is 191 Å². The first kappa shape index (κ1) is 22.7. The van der Waals surface area contributed by atoms with Crippen LogP contribution in [0, 0.1) is 5.92 Å². The average Bonchev–Trinajstić information content (AvgIpc) is 2.82. The molecule has 1 heterocycles. The molecule has 0 amide bonds. The first-order valence-electron chi connectivity index (χ1n) is 11.4. The molecule has 0 radical (unpaired) electrons. The Morgan fingerprint density at radius 1 is 0.750 bits per heavy atom. The smallest absolute Gasteiger partial charge is 0.264 e. The van der Waals surface area contributed by atoms with Gasteiger partial charge in [0.1, 0.15) is 0 Å². The Morgan fingerprint density at radius 2 is 1.16 bits per heavy atom. The molecule has 0 aromatic heterocycles. The van der Waals surface area contributed by atoms with Crippen molar-refractivity contribution < 1.29 is 13.0 Å². The predicted molar refractivity (Wildman–Crippen MR) is 129 cm³/mol. The SMILES string of the molecule is O=S(=O)(O)CCCC1CCN(C(c2ccccc2)(c2ccccc2)c2ccccc2)CC1. The van der Waals surface area contributed by atoms with E-state index in [1.807, 2.05) is 0 Å². The van der Waals surface area contributed by atoms with Gasteiger partial charge in [0.15, 0.2) is 0 Å². The van der Waals surface area contributed by atoms with Crippen molar-refractivity contribution >= 4 is 10.1 Å². The van der Waals surface area contributed by atoms with E-state index >= 15 is 0 Å². The zero-order valence-corrected chi connectivity index (χ0v) is 19.1. The van der Waals surface area contributed by atoms with E-state index in [4.69, 9.17) is 4.55 Å². The molecule has 1 N–H and O–H groups in total. The fourth-order valence-corrected chi connectivity index (χ4v) is 5.73. The predicted octanol–water partition coefficient (Wildman–Crippen LogP) is 5.36. The Bertz CT molecular complexity index is 981. The Morgan fingerprint density at radius 3 is 1.53 bits per heavy atom. The first-order chi connectivity index (χ1) is 15.5. The normalized spacial score (nSPS) is 16.2. The number of benzene rings is 3. The topological polar surface area (TPSA) is 57.6 Å². The van der Waals surface area contributed by atoms with Crippen LogP contribution in [0.15, 0.2) is 91.0 Å². The van der Waals surface area contributed by atoms with Gasteiger partial charge in [-0.15, -0.1) is 0 Å². The van der Waals surface area contributed by atoms with Gasteiger partial charge in [-0.2, -0.15) is 8.42 Å². The lowest BCUT2D eigenvalue weighted by Gasteiger charge is -2.48. The Kier molecular flexibility index (Phi) is 7.09. The van der Waals surface area contributed by atoms with Crippen LogP contribution in [-0.2, 0) is 15.7 Å². The molecule has 3 aromatic carbocycles. The molecule has 1 fully saturated rings. The van der Waals surface area contributed by atoms with E-state index in [1.165, 1.54) is 16.7 Å². The van der Waals surface area contributed by atoms with Crippen LogP contribution in [0.3, 0.4) is 0 Å². The molecule has 0 aliphatic carbocycles. The standard InChI is InChI=1S/C27H31NO3S/c29-32(30,31)22-10-11-23-18-20-28(21-19-23)27(24-12-4-1-5-13-24,25-14-6-2-7-15-25)26-16-8-3-9-17-26/h1-9,12-17,23H,10-11,18-22H2,(H,29,30,31). The lowest BCUT2D eigenvalue weighted by atomic mass is 9.74. The summed E-state index contributed by atoms with van der Waals surface area (Å²) in [5.41, 5.74) is 3.37. The minimum absolute atomic E-state index is 0.144. The van der Waals surface area contributed by atoms with Gasteiger partial charge in [-0.1, -0.05) is 91.0 Å². The molecule has 0 bridgehead atoms. The van der Waals surface area contributed by atoms with Crippen molar-refractivity contribution in [2.45, 2.75) is 31.2 Å². The van der Waals surface area contributed by atoms with Gasteiger partial charge in [0.25, 0.3) is 10.1 Å². The second-order valence-electron chi connectivity index (χ2n) is 8.67. The Balaban J connectivity index is 1.68. The molecule has 4 nitrogen and oxygen atoms in total. The number of piperidine rings is 1. The number of hydrogen-bond acceptors (Lipinski definition) is 3. The second-order valence-corrected chi connectivity index (χ2v) is 10.2. The molecule has 0 saturated carbocycles. The zero-order valence-electron chi connectivity index (χ0n) is 18.3. The molecular weight excluding hydrogens is 418 g/mol. The van der Waals surface area contributed by atoms with Crippen molar-refractivity contribution in [3.8, 4) is 0 Å². The third-order valence-corrected chi connectivity index (χ3v) is 7.48. The summed E-state index contributed by atoms with van der Waals surface area (Å²) >= 11 is 0. The van der Waals surface area contributed by atoms with Crippen LogP contribution >= 0.6 is 0 Å². The van der Waals surface area contributed by atoms with Crippen LogP contribution in [0.1, 0.15) is 42.4 Å². The molecule has 32 heavy (non-hydrogen) atoms. The maximum Gasteiger partial charge on any atom is 0.264 e. The summed E-state index contributed by atoms with van der Waals surface area (Å²) in [5.74, 6) is 0.336. The van der Waals surface area contributed by atoms with E-state index in [0.29, 0.717) is 12.3 Å². The van der Waals surface area contributed by atoms with Crippen LogP contribution in [0.4, 0.5) is 0 Å². The van der Waals surface area contributed by atoms with Crippen molar-refractivity contribution in [3.63, 3.8) is 0 Å². The van der Waals surface area contributed by atoms with Crippen molar-refractivity contribution in [3.05, 3.63) is 108 Å². The van der Waals surface area contributed by atoms with Gasteiger partial charge in [0, 0.05) is 0 Å². The van der Waals surface area contributed by atoms with Crippen molar-refractivity contribution in [1.82, 2.24) is 4.90 Å². The number of likely N-dealkylation sites (tertiary alicyclic amines) is 1. The van der Waals surface area contributed by atoms with Gasteiger partial charge >= 0.3 is 0 Å². The van der Waals surface area contributed by atoms with Gasteiger partial charge in [0.2, 0.25) is 0 Å². The van der Waals surface area contributed by atoms with E-state index in [1.54, 1.807) is 0 Å². The third-order valence-electron chi connectivity index (χ3n) is 6.68. The summed E-state index contributed by atoms with van der Waals surface area (Å²) in [6, 6.07) is 32.2. The van der Waals surface area contributed by atoms with Gasteiger partial charge < -0.3 is 0 Å². The van der Waals surface area contributed by atoms with E-state index in [0.717, 1.165) is 32.4 Å². The monoisotopic (exact) mass is 449 g/mol. The molecule has 3 aromatic rings. The molecule has 4 rings (SSSR count). The van der Waals surface area contributed by atoms with Crippen LogP contribution in [0.5, 0.6) is 0 Å². The van der Waals surface area contributed by atoms with E-state index < -0.39 is 10.1 Å². The van der Waals surface area contributed by atoms with Gasteiger partial charge in [-0.3, -0.25) is 9.45 Å². The third kappa shape index (κ3) is 4.96. The molecule has 1 saturated heterocycles. The van der Waals surface area contributed by atoms with E-state index in [9.17, 15) is 8.42 Å². The summed E-state index contributed by atoms with van der Waals surface area (Å²) in [6.45, 7) is 1.85. The molecule has 168 valence electrons. The average molecular weight is 450 g/mol. The maximum absolute atomic E-state index is 11.1. The van der Waals surface area contributed by atoms with Crippen molar-refractivity contribution in [2.24, 2.45) is 5.92 Å². The van der Waals surface area contributed by atoms with Crippen LogP contribution in [0.2, 0.25) is 0 Å². The highest BCUT2D eigenvalue weighted by atomic mass is 32.2. The van der Waals surface area contributed by atoms with E-state index in [-0.39, 0.29) is 11.3 Å². The molecule has 1 aliphatic heterocycles. The summed E-state index contributed by atoms with van der Waals surface area (Å²) in [6.07, 6.45) is 3.38. The van der Waals surface area contributed by atoms with Gasteiger partial charge in [-0.25, -0.2) is 0 Å². The van der Waals surface area contributed by atoms with Gasteiger partial charge in [-0.05, 0) is 61.4 Å². The van der Waals surface area contributed by atoms with Crippen LogP contribution in [0.25, 0.3) is 0 Å². The summed E-state index contributed by atoms with van der Waals surface area (Å²) < 4.78 is 31.2. The van der Waals surface area contributed by atoms with Crippen LogP contribution in [-0.4, -0.2) is 36.7 Å². The second kappa shape index (κ2) is 9.99. The number of hydrogen-bond donors (Lipinski definition) is 1. The molecule has 5 heteroatoms. The van der Waals surface area contributed by atoms with Crippen LogP contribution < -0.4 is 0 Å². The molecule has 0 spiro atoms. The highest BCUT2D eigenvalue weighted by molar-refractivity contribution is 7.85. The molecule has 0 unspecified atom stereocenters. The fourth-order valence-electron chi connectivity index (χ4n) is 5.20. The Hall–Kier alpha value is -2.47. The zero-order chi connectivity index (χ0) is 22.4. The first-order valence-corrected chi connectivity index (χ1v) is 13.0. The largest absolute Gasteiger partial charge is 0.286 e. The lowest BCUT2D eigenvalue weighted by Crippen LogP contribution is -2.51. The number of rotatable bonds is 8. The summed E-state index contributed by atoms with van der Waals surface area (Å²) in [7, 11) is -3.88. The maximum atomic E-state index is 11.1. The van der Waals surface area contributed by atoms with Crippen molar-refractivity contribution in [2.75, 3.05) is 18.8 Å². The number of nitrogens with zero attached hydrogens (tertiary/aromatic N) is 1. The van der Waals surface area contributed by atoms with E-state index in [2.05, 4.69) is 95.9 Å². The molecule has 0 atom stereocenters. The molecule has 1 aliphatic rings. The van der Waals surface area contributed by atoms with Crippen molar-refractivity contribution in [1.29, 1.82) is 0 Å². The quantitative estimate of drug-likeness (QED) is 0.372.